The van der Waals surface area contributed by atoms with Crippen molar-refractivity contribution in [2.24, 2.45) is 11.1 Å². The summed E-state index contributed by atoms with van der Waals surface area (Å²) in [5.41, 5.74) is 7.87. The van der Waals surface area contributed by atoms with E-state index >= 15 is 0 Å². The molecule has 0 bridgehead atoms. The topological polar surface area (TPSA) is 63.3 Å². The minimum absolute atomic E-state index is 0.130. The number of carboxylic acid groups (broad SMARTS) is 1. The fraction of sp³-hybridized carbons (Fsp3) is 0.500. The smallest absolute Gasteiger partial charge is 0.304 e. The van der Waals surface area contributed by atoms with Gasteiger partial charge in [0, 0.05) is 11.0 Å². The summed E-state index contributed by atoms with van der Waals surface area (Å²) in [6.07, 6.45) is 1.66. The summed E-state index contributed by atoms with van der Waals surface area (Å²) in [5.74, 6) is -0.767. The lowest BCUT2D eigenvalue weighted by Gasteiger charge is -2.40. The summed E-state index contributed by atoms with van der Waals surface area (Å²) in [5, 5.41) is 9.13. The SMILES string of the molecule is CC(C)(N)C1(CC(=O)O)Cc2ccccc2C1. The molecule has 0 unspecified atom stereocenters. The zero-order valence-corrected chi connectivity index (χ0v) is 10.4. The largest absolute Gasteiger partial charge is 0.481 e. The van der Waals surface area contributed by atoms with Crippen LogP contribution in [-0.4, -0.2) is 16.6 Å². The Hall–Kier alpha value is -1.35. The predicted octanol–water partition coefficient (Wildman–Crippen LogP) is 1.98. The molecule has 3 N–H and O–H groups in total. The van der Waals surface area contributed by atoms with Crippen molar-refractivity contribution in [1.82, 2.24) is 0 Å². The summed E-state index contributed by atoms with van der Waals surface area (Å²) in [6, 6.07) is 8.15. The highest BCUT2D eigenvalue weighted by atomic mass is 16.4. The number of nitrogens with two attached hydrogens (primary N) is 1. The molecule has 0 spiro atoms. The van der Waals surface area contributed by atoms with Gasteiger partial charge in [0.15, 0.2) is 0 Å². The van der Waals surface area contributed by atoms with Crippen LogP contribution in [0.15, 0.2) is 24.3 Å². The number of carbonyl (C=O) groups is 1. The molecule has 3 heteroatoms. The molecule has 1 aliphatic carbocycles. The minimum atomic E-state index is -0.767. The van der Waals surface area contributed by atoms with Crippen molar-refractivity contribution in [3.8, 4) is 0 Å². The van der Waals surface area contributed by atoms with Gasteiger partial charge in [-0.05, 0) is 37.8 Å². The predicted molar refractivity (Wildman–Crippen MR) is 66.8 cm³/mol. The lowest BCUT2D eigenvalue weighted by molar-refractivity contribution is -0.140. The van der Waals surface area contributed by atoms with E-state index in [1.807, 2.05) is 26.0 Å². The highest BCUT2D eigenvalue weighted by Gasteiger charge is 2.47. The Morgan fingerprint density at radius 3 is 2.18 bits per heavy atom. The Kier molecular flexibility index (Phi) is 2.74. The van der Waals surface area contributed by atoms with Gasteiger partial charge in [-0.2, -0.15) is 0 Å². The minimum Gasteiger partial charge on any atom is -0.481 e. The number of aliphatic carboxylic acids is 1. The van der Waals surface area contributed by atoms with Crippen molar-refractivity contribution >= 4 is 5.97 Å². The molecule has 0 fully saturated rings. The van der Waals surface area contributed by atoms with Gasteiger partial charge in [-0.3, -0.25) is 4.79 Å². The molecule has 1 aromatic rings. The third kappa shape index (κ3) is 2.07. The number of hydrogen-bond donors (Lipinski definition) is 2. The summed E-state index contributed by atoms with van der Waals surface area (Å²) in [7, 11) is 0. The second-order valence-electron chi connectivity index (χ2n) is 5.69. The second kappa shape index (κ2) is 3.84. The molecule has 17 heavy (non-hydrogen) atoms. The van der Waals surface area contributed by atoms with Crippen LogP contribution in [-0.2, 0) is 17.6 Å². The first-order valence-electron chi connectivity index (χ1n) is 5.92. The zero-order valence-electron chi connectivity index (χ0n) is 10.4. The molecule has 0 heterocycles. The maximum Gasteiger partial charge on any atom is 0.304 e. The van der Waals surface area contributed by atoms with E-state index in [0.717, 1.165) is 12.8 Å². The van der Waals surface area contributed by atoms with Crippen molar-refractivity contribution < 1.29 is 9.90 Å². The van der Waals surface area contributed by atoms with Gasteiger partial charge in [0.2, 0.25) is 0 Å². The number of benzene rings is 1. The summed E-state index contributed by atoms with van der Waals surface area (Å²) in [4.78, 5) is 11.1. The van der Waals surface area contributed by atoms with Gasteiger partial charge in [0.1, 0.15) is 0 Å². The average molecular weight is 233 g/mol. The Labute approximate surface area is 102 Å². The van der Waals surface area contributed by atoms with Crippen LogP contribution in [0.3, 0.4) is 0 Å². The summed E-state index contributed by atoms with van der Waals surface area (Å²) < 4.78 is 0. The van der Waals surface area contributed by atoms with Crippen LogP contribution in [0.4, 0.5) is 0 Å². The van der Waals surface area contributed by atoms with Crippen molar-refractivity contribution in [3.05, 3.63) is 35.4 Å². The lowest BCUT2D eigenvalue weighted by Crippen LogP contribution is -2.52. The fourth-order valence-corrected chi connectivity index (χ4v) is 2.79. The molecule has 0 amide bonds. The van der Waals surface area contributed by atoms with E-state index in [1.54, 1.807) is 0 Å². The van der Waals surface area contributed by atoms with Gasteiger partial charge in [-0.1, -0.05) is 24.3 Å². The Morgan fingerprint density at radius 2 is 1.82 bits per heavy atom. The van der Waals surface area contributed by atoms with Gasteiger partial charge in [0.25, 0.3) is 0 Å². The standard InChI is InChI=1S/C14H19NO2/c1-13(2,15)14(9-12(16)17)7-10-5-3-4-6-11(10)8-14/h3-6H,7-9,15H2,1-2H3,(H,16,17). The molecule has 0 atom stereocenters. The van der Waals surface area contributed by atoms with E-state index in [1.165, 1.54) is 11.1 Å². The van der Waals surface area contributed by atoms with E-state index in [-0.39, 0.29) is 11.8 Å². The van der Waals surface area contributed by atoms with Gasteiger partial charge in [-0.25, -0.2) is 0 Å². The Bertz CT molecular complexity index is 421. The molecule has 92 valence electrons. The number of rotatable bonds is 3. The molecule has 0 aliphatic heterocycles. The summed E-state index contributed by atoms with van der Waals surface area (Å²) >= 11 is 0. The fourth-order valence-electron chi connectivity index (χ4n) is 2.79. The number of carboxylic acids is 1. The zero-order chi connectivity index (χ0) is 12.7. The van der Waals surface area contributed by atoms with Gasteiger partial charge < -0.3 is 10.8 Å². The molecular weight excluding hydrogens is 214 g/mol. The maximum atomic E-state index is 11.1. The summed E-state index contributed by atoms with van der Waals surface area (Å²) in [6.45, 7) is 3.86. The van der Waals surface area contributed by atoms with E-state index < -0.39 is 11.5 Å². The molecule has 1 aliphatic rings. The molecule has 3 nitrogen and oxygen atoms in total. The van der Waals surface area contributed by atoms with Gasteiger partial charge in [-0.15, -0.1) is 0 Å². The second-order valence-corrected chi connectivity index (χ2v) is 5.69. The van der Waals surface area contributed by atoms with Crippen LogP contribution in [0.25, 0.3) is 0 Å². The van der Waals surface area contributed by atoms with Crippen molar-refractivity contribution in [2.75, 3.05) is 0 Å². The highest BCUT2D eigenvalue weighted by molar-refractivity contribution is 5.68. The van der Waals surface area contributed by atoms with Crippen LogP contribution in [0, 0.1) is 5.41 Å². The third-order valence-electron chi connectivity index (χ3n) is 4.03. The molecule has 0 radical (unpaired) electrons. The number of fused-ring (bicyclic) bond motifs is 1. The average Bonchev–Trinajstić information content (AvgIpc) is 2.54. The van der Waals surface area contributed by atoms with Crippen molar-refractivity contribution in [3.63, 3.8) is 0 Å². The van der Waals surface area contributed by atoms with E-state index in [4.69, 9.17) is 10.8 Å². The number of hydrogen-bond acceptors (Lipinski definition) is 2. The van der Waals surface area contributed by atoms with Crippen LogP contribution in [0.1, 0.15) is 31.4 Å². The molecule has 1 aromatic carbocycles. The quantitative estimate of drug-likeness (QED) is 0.839. The lowest BCUT2D eigenvalue weighted by atomic mass is 9.67. The first-order valence-corrected chi connectivity index (χ1v) is 5.92. The monoisotopic (exact) mass is 233 g/mol. The van der Waals surface area contributed by atoms with Crippen LogP contribution < -0.4 is 5.73 Å². The molecule has 0 saturated carbocycles. The van der Waals surface area contributed by atoms with E-state index in [0.29, 0.717) is 0 Å². The van der Waals surface area contributed by atoms with Gasteiger partial charge >= 0.3 is 5.97 Å². The maximum absolute atomic E-state index is 11.1. The van der Waals surface area contributed by atoms with Crippen LogP contribution in [0.2, 0.25) is 0 Å². The van der Waals surface area contributed by atoms with Crippen LogP contribution in [0.5, 0.6) is 0 Å². The first kappa shape index (κ1) is 12.1. The first-order chi connectivity index (χ1) is 7.84. The van der Waals surface area contributed by atoms with E-state index in [2.05, 4.69) is 12.1 Å². The molecule has 0 saturated heterocycles. The molecule has 2 rings (SSSR count). The van der Waals surface area contributed by atoms with Crippen molar-refractivity contribution in [1.29, 1.82) is 0 Å². The highest BCUT2D eigenvalue weighted by Crippen LogP contribution is 2.46. The van der Waals surface area contributed by atoms with E-state index in [9.17, 15) is 4.79 Å². The van der Waals surface area contributed by atoms with Gasteiger partial charge in [0.05, 0.1) is 6.42 Å². The normalized spacial score (nSPS) is 17.8. The molecule has 0 aromatic heterocycles. The van der Waals surface area contributed by atoms with Crippen LogP contribution >= 0.6 is 0 Å². The Balaban J connectivity index is 2.38. The molecular formula is C14H19NO2. The van der Waals surface area contributed by atoms with Crippen molar-refractivity contribution in [2.45, 2.75) is 38.6 Å². The Morgan fingerprint density at radius 1 is 1.35 bits per heavy atom. The third-order valence-corrected chi connectivity index (χ3v) is 4.03.